The molecule has 1 atom stereocenters. The van der Waals surface area contributed by atoms with Crippen LogP contribution in [0.25, 0.3) is 0 Å². The Morgan fingerprint density at radius 3 is 1.57 bits per heavy atom. The molecule has 0 aliphatic carbocycles. The van der Waals surface area contributed by atoms with Crippen molar-refractivity contribution >= 4 is 15.9 Å². The van der Waals surface area contributed by atoms with Crippen molar-refractivity contribution in [2.45, 2.75) is 102 Å². The summed E-state index contributed by atoms with van der Waals surface area (Å²) in [5.41, 5.74) is 0. The van der Waals surface area contributed by atoms with Gasteiger partial charge < -0.3 is 0 Å². The molecule has 0 amide bonds. The minimum Gasteiger partial charge on any atom is -0.192 e. The van der Waals surface area contributed by atoms with Crippen LogP contribution in [0, 0.1) is 0 Å². The predicted octanol–water partition coefficient (Wildman–Crippen LogP) is 7.35. The van der Waals surface area contributed by atoms with E-state index in [-0.39, 0.29) is 0 Å². The number of halogens is 1. The Kier molecular flexibility index (Phi) is 13.6. The second-order valence-corrected chi connectivity index (χ2v) is 7.85. The molecular weight excluding hydrogens is 346 g/mol. The van der Waals surface area contributed by atoms with E-state index in [1.165, 1.54) is 89.9 Å². The fraction of sp³-hybridized carbons (Fsp3) is 0.762. The standard InChI is InChI=1S/C21H37BrN/c1-2-3-4-5-6-7-8-9-10-11-12-13-15-18-21(22)23-19-16-14-17-20-23/h14,16-17,19-21H,2-13,15,18H2,1H3/q+1. The summed E-state index contributed by atoms with van der Waals surface area (Å²) in [4.78, 5) is 0.455. The SMILES string of the molecule is CCCCCCCCCCCCCCCC(Br)[n+]1ccccc1. The Bertz CT molecular complexity index is 352. The Labute approximate surface area is 153 Å². The molecule has 0 spiro atoms. The highest BCUT2D eigenvalue weighted by Crippen LogP contribution is 2.18. The van der Waals surface area contributed by atoms with E-state index in [4.69, 9.17) is 0 Å². The average molecular weight is 383 g/mol. The van der Waals surface area contributed by atoms with Gasteiger partial charge in [0.1, 0.15) is 0 Å². The lowest BCUT2D eigenvalue weighted by Gasteiger charge is -2.05. The maximum Gasteiger partial charge on any atom is 0.211 e. The van der Waals surface area contributed by atoms with Gasteiger partial charge in [0, 0.05) is 18.6 Å². The number of hydrogen-bond acceptors (Lipinski definition) is 0. The molecule has 0 aliphatic rings. The number of aromatic nitrogens is 1. The fourth-order valence-corrected chi connectivity index (χ4v) is 3.68. The molecule has 0 aliphatic heterocycles. The molecule has 1 nitrogen and oxygen atoms in total. The molecule has 0 aromatic carbocycles. The Hall–Kier alpha value is -0.370. The Morgan fingerprint density at radius 2 is 1.09 bits per heavy atom. The zero-order chi connectivity index (χ0) is 16.6. The fourth-order valence-electron chi connectivity index (χ4n) is 3.08. The van der Waals surface area contributed by atoms with Gasteiger partial charge in [0.05, 0.1) is 0 Å². The van der Waals surface area contributed by atoms with E-state index in [1.54, 1.807) is 0 Å². The normalized spacial score (nSPS) is 12.4. The smallest absolute Gasteiger partial charge is 0.192 e. The number of hydrogen-bond donors (Lipinski definition) is 0. The molecule has 0 saturated heterocycles. The number of rotatable bonds is 15. The summed E-state index contributed by atoms with van der Waals surface area (Å²) < 4.78 is 2.25. The first kappa shape index (κ1) is 20.7. The van der Waals surface area contributed by atoms with Gasteiger partial charge in [0.15, 0.2) is 12.4 Å². The van der Waals surface area contributed by atoms with Crippen molar-refractivity contribution < 1.29 is 4.57 Å². The van der Waals surface area contributed by atoms with Crippen molar-refractivity contribution in [3.8, 4) is 0 Å². The van der Waals surface area contributed by atoms with Gasteiger partial charge in [-0.3, -0.25) is 0 Å². The van der Waals surface area contributed by atoms with Crippen LogP contribution in [-0.2, 0) is 0 Å². The molecular formula is C21H37BrN+. The number of pyridine rings is 1. The van der Waals surface area contributed by atoms with Crippen LogP contribution in [0.3, 0.4) is 0 Å². The number of alkyl halides is 1. The van der Waals surface area contributed by atoms with E-state index in [1.807, 2.05) is 0 Å². The molecule has 23 heavy (non-hydrogen) atoms. The van der Waals surface area contributed by atoms with Gasteiger partial charge in [0.25, 0.3) is 0 Å². The van der Waals surface area contributed by atoms with Crippen LogP contribution in [0.4, 0.5) is 0 Å². The van der Waals surface area contributed by atoms with Crippen LogP contribution in [0.1, 0.15) is 102 Å². The molecule has 1 aromatic heterocycles. The van der Waals surface area contributed by atoms with Gasteiger partial charge in [0.2, 0.25) is 4.95 Å². The lowest BCUT2D eigenvalue weighted by atomic mass is 10.0. The van der Waals surface area contributed by atoms with Gasteiger partial charge in [-0.05, 0) is 22.4 Å². The first-order valence-electron chi connectivity index (χ1n) is 9.94. The molecule has 1 heterocycles. The molecule has 1 rings (SSSR count). The van der Waals surface area contributed by atoms with Crippen LogP contribution in [0.5, 0.6) is 0 Å². The zero-order valence-electron chi connectivity index (χ0n) is 15.2. The van der Waals surface area contributed by atoms with Crippen LogP contribution < -0.4 is 4.57 Å². The lowest BCUT2D eigenvalue weighted by Crippen LogP contribution is -2.34. The zero-order valence-corrected chi connectivity index (χ0v) is 16.8. The largest absolute Gasteiger partial charge is 0.211 e. The topological polar surface area (TPSA) is 3.88 Å². The van der Waals surface area contributed by atoms with Gasteiger partial charge in [-0.1, -0.05) is 90.0 Å². The molecule has 132 valence electrons. The van der Waals surface area contributed by atoms with Crippen LogP contribution in [0.2, 0.25) is 0 Å². The number of unbranched alkanes of at least 4 members (excludes halogenated alkanes) is 12. The van der Waals surface area contributed by atoms with Crippen molar-refractivity contribution in [3.05, 3.63) is 30.6 Å². The van der Waals surface area contributed by atoms with E-state index >= 15 is 0 Å². The van der Waals surface area contributed by atoms with Crippen molar-refractivity contribution in [3.63, 3.8) is 0 Å². The summed E-state index contributed by atoms with van der Waals surface area (Å²) in [6, 6.07) is 6.26. The third-order valence-corrected chi connectivity index (χ3v) is 5.54. The quantitative estimate of drug-likeness (QED) is 0.169. The van der Waals surface area contributed by atoms with E-state index in [0.29, 0.717) is 4.95 Å². The second-order valence-electron chi connectivity index (χ2n) is 6.79. The first-order chi connectivity index (χ1) is 11.3. The summed E-state index contributed by atoms with van der Waals surface area (Å²) in [6.45, 7) is 2.29. The van der Waals surface area contributed by atoms with Crippen molar-refractivity contribution in [1.29, 1.82) is 0 Å². The van der Waals surface area contributed by atoms with Crippen LogP contribution in [0.15, 0.2) is 30.6 Å². The first-order valence-corrected chi connectivity index (χ1v) is 10.9. The molecule has 0 bridgehead atoms. The maximum atomic E-state index is 3.78. The monoisotopic (exact) mass is 382 g/mol. The minimum atomic E-state index is 0.455. The Morgan fingerprint density at radius 1 is 0.652 bits per heavy atom. The van der Waals surface area contributed by atoms with E-state index in [2.05, 4.69) is 58.0 Å². The van der Waals surface area contributed by atoms with Crippen molar-refractivity contribution in [2.24, 2.45) is 0 Å². The molecule has 0 saturated carbocycles. The number of nitrogens with zero attached hydrogens (tertiary/aromatic N) is 1. The molecule has 0 fully saturated rings. The highest BCUT2D eigenvalue weighted by Gasteiger charge is 2.11. The second kappa shape index (κ2) is 15.2. The van der Waals surface area contributed by atoms with Gasteiger partial charge in [-0.25, -0.2) is 0 Å². The average Bonchev–Trinajstić information content (AvgIpc) is 2.59. The molecule has 0 radical (unpaired) electrons. The highest BCUT2D eigenvalue weighted by atomic mass is 79.9. The van der Waals surface area contributed by atoms with Crippen molar-refractivity contribution in [1.82, 2.24) is 0 Å². The van der Waals surface area contributed by atoms with Gasteiger partial charge >= 0.3 is 0 Å². The van der Waals surface area contributed by atoms with E-state index in [9.17, 15) is 0 Å². The van der Waals surface area contributed by atoms with Crippen molar-refractivity contribution in [2.75, 3.05) is 0 Å². The molecule has 1 unspecified atom stereocenters. The van der Waals surface area contributed by atoms with E-state index < -0.39 is 0 Å². The summed E-state index contributed by atoms with van der Waals surface area (Å²) in [5, 5.41) is 0. The summed E-state index contributed by atoms with van der Waals surface area (Å²) >= 11 is 3.78. The van der Waals surface area contributed by atoms with E-state index in [0.717, 1.165) is 0 Å². The predicted molar refractivity (Wildman–Crippen MR) is 105 cm³/mol. The third kappa shape index (κ3) is 11.8. The minimum absolute atomic E-state index is 0.455. The van der Waals surface area contributed by atoms with Gasteiger partial charge in [-0.2, -0.15) is 4.57 Å². The third-order valence-electron chi connectivity index (χ3n) is 4.61. The van der Waals surface area contributed by atoms with Crippen LogP contribution in [-0.4, -0.2) is 0 Å². The summed E-state index contributed by atoms with van der Waals surface area (Å²) in [5.74, 6) is 0. The Balaban J connectivity index is 1.81. The van der Waals surface area contributed by atoms with Crippen LogP contribution >= 0.6 is 15.9 Å². The maximum absolute atomic E-state index is 3.78. The highest BCUT2D eigenvalue weighted by molar-refractivity contribution is 9.09. The molecule has 2 heteroatoms. The summed E-state index contributed by atoms with van der Waals surface area (Å²) in [7, 11) is 0. The summed E-state index contributed by atoms with van der Waals surface area (Å²) in [6.07, 6.45) is 24.0. The molecule has 1 aromatic rings. The van der Waals surface area contributed by atoms with Gasteiger partial charge in [-0.15, -0.1) is 0 Å². The lowest BCUT2D eigenvalue weighted by molar-refractivity contribution is -0.698. The molecule has 0 N–H and O–H groups in total.